The lowest BCUT2D eigenvalue weighted by molar-refractivity contribution is -0.129. The third kappa shape index (κ3) is 5.00. The van der Waals surface area contributed by atoms with Crippen molar-refractivity contribution in [1.82, 2.24) is 9.88 Å². The number of hydrogen-bond acceptors (Lipinski definition) is 4. The molecule has 32 heavy (non-hydrogen) atoms. The van der Waals surface area contributed by atoms with E-state index in [0.717, 1.165) is 35.6 Å². The number of likely N-dealkylation sites (tertiary alicyclic amines) is 1. The summed E-state index contributed by atoms with van der Waals surface area (Å²) in [6.45, 7) is 1.16. The van der Waals surface area contributed by atoms with Gasteiger partial charge in [-0.1, -0.05) is 18.2 Å². The van der Waals surface area contributed by atoms with Gasteiger partial charge in [0.15, 0.2) is 0 Å². The number of carbonyl (C=O) groups excluding carboxylic acids is 2. The molecule has 3 aromatic rings. The van der Waals surface area contributed by atoms with Crippen molar-refractivity contribution in [2.24, 2.45) is 0 Å². The lowest BCUT2D eigenvalue weighted by atomic mass is 10.0. The van der Waals surface area contributed by atoms with E-state index in [1.54, 1.807) is 24.5 Å². The van der Waals surface area contributed by atoms with E-state index in [4.69, 9.17) is 5.73 Å². The monoisotopic (exact) mass is 430 g/mol. The van der Waals surface area contributed by atoms with E-state index < -0.39 is 5.82 Å². The third-order valence-electron chi connectivity index (χ3n) is 5.31. The summed E-state index contributed by atoms with van der Waals surface area (Å²) in [6.07, 6.45) is 6.99. The van der Waals surface area contributed by atoms with Gasteiger partial charge < -0.3 is 16.0 Å². The maximum absolute atomic E-state index is 13.2. The summed E-state index contributed by atoms with van der Waals surface area (Å²) < 4.78 is 13.2. The number of anilines is 2. The smallest absolute Gasteiger partial charge is 0.255 e. The van der Waals surface area contributed by atoms with E-state index in [1.165, 1.54) is 12.1 Å². The van der Waals surface area contributed by atoms with Crippen molar-refractivity contribution < 1.29 is 14.0 Å². The minimum Gasteiger partial charge on any atom is -0.397 e. The molecule has 0 spiro atoms. The van der Waals surface area contributed by atoms with E-state index in [2.05, 4.69) is 10.3 Å². The van der Waals surface area contributed by atoms with Gasteiger partial charge in [-0.25, -0.2) is 4.39 Å². The number of hydrogen-bond donors (Lipinski definition) is 2. The first-order valence-electron chi connectivity index (χ1n) is 10.3. The van der Waals surface area contributed by atoms with Crippen molar-refractivity contribution in [3.8, 4) is 0 Å². The quantitative estimate of drug-likeness (QED) is 0.468. The van der Waals surface area contributed by atoms with Crippen LogP contribution in [0.25, 0.3) is 6.08 Å². The minimum absolute atomic E-state index is 0.0220. The van der Waals surface area contributed by atoms with Crippen molar-refractivity contribution in [3.63, 3.8) is 0 Å². The molecule has 0 aliphatic carbocycles. The summed E-state index contributed by atoms with van der Waals surface area (Å²) in [5.74, 6) is -0.783. The van der Waals surface area contributed by atoms with Gasteiger partial charge in [0.05, 0.1) is 11.4 Å². The molecule has 162 valence electrons. The lowest BCUT2D eigenvalue weighted by Crippen LogP contribution is -2.36. The van der Waals surface area contributed by atoms with Crippen LogP contribution in [0.3, 0.4) is 0 Å². The highest BCUT2D eigenvalue weighted by atomic mass is 19.1. The molecule has 0 saturated carbocycles. The molecule has 0 radical (unpaired) electrons. The van der Waals surface area contributed by atoms with E-state index in [0.29, 0.717) is 24.3 Å². The van der Waals surface area contributed by atoms with Crippen molar-refractivity contribution in [3.05, 3.63) is 95.1 Å². The van der Waals surface area contributed by atoms with E-state index in [-0.39, 0.29) is 17.5 Å². The number of benzene rings is 2. The second-order valence-corrected chi connectivity index (χ2v) is 7.67. The standard InChI is InChI=1S/C25H23FN4O2/c26-21-9-10-23(22(27)14-21)29-24(31)19-7-5-17(6-8-19)16-30-12-2-4-20(25(30)32)13-18-3-1-11-28-15-18/h1,3,5-11,13-15H,2,4,12,16,27H2,(H,29,31)/b20-13+. The van der Waals surface area contributed by atoms with Crippen LogP contribution in [0.5, 0.6) is 0 Å². The Labute approximate surface area is 185 Å². The van der Waals surface area contributed by atoms with Gasteiger partial charge in [-0.05, 0) is 66.4 Å². The largest absolute Gasteiger partial charge is 0.397 e. The number of pyridine rings is 1. The fraction of sp³-hybridized carbons (Fsp3) is 0.160. The van der Waals surface area contributed by atoms with E-state index in [9.17, 15) is 14.0 Å². The molecule has 1 saturated heterocycles. The van der Waals surface area contributed by atoms with Crippen LogP contribution in [-0.4, -0.2) is 28.2 Å². The topological polar surface area (TPSA) is 88.3 Å². The van der Waals surface area contributed by atoms with Crippen LogP contribution >= 0.6 is 0 Å². The van der Waals surface area contributed by atoms with Crippen LogP contribution in [0.2, 0.25) is 0 Å². The van der Waals surface area contributed by atoms with Crippen LogP contribution in [0, 0.1) is 5.82 Å². The molecule has 1 fully saturated rings. The van der Waals surface area contributed by atoms with Crippen molar-refractivity contribution in [1.29, 1.82) is 0 Å². The predicted octanol–water partition coefficient (Wildman–Crippen LogP) is 4.26. The number of amides is 2. The van der Waals surface area contributed by atoms with Crippen molar-refractivity contribution in [2.75, 3.05) is 17.6 Å². The van der Waals surface area contributed by atoms with Crippen LogP contribution in [0.15, 0.2) is 72.6 Å². The number of halogens is 1. The molecule has 0 atom stereocenters. The Balaban J connectivity index is 1.41. The molecule has 0 bridgehead atoms. The van der Waals surface area contributed by atoms with Gasteiger partial charge in [0.1, 0.15) is 5.82 Å². The first-order chi connectivity index (χ1) is 15.5. The van der Waals surface area contributed by atoms with Crippen molar-refractivity contribution in [2.45, 2.75) is 19.4 Å². The van der Waals surface area contributed by atoms with Crippen LogP contribution in [0.4, 0.5) is 15.8 Å². The highest BCUT2D eigenvalue weighted by Gasteiger charge is 2.23. The van der Waals surface area contributed by atoms with Gasteiger partial charge in [-0.15, -0.1) is 0 Å². The fourth-order valence-corrected chi connectivity index (χ4v) is 3.64. The van der Waals surface area contributed by atoms with Gasteiger partial charge in [0, 0.05) is 36.6 Å². The number of nitrogen functional groups attached to an aromatic ring is 1. The summed E-state index contributed by atoms with van der Waals surface area (Å²) in [5.41, 5.74) is 9.32. The number of nitrogens with zero attached hydrogens (tertiary/aromatic N) is 2. The Morgan fingerprint density at radius 1 is 1.19 bits per heavy atom. The molecule has 2 heterocycles. The van der Waals surface area contributed by atoms with Crippen molar-refractivity contribution >= 4 is 29.3 Å². The zero-order chi connectivity index (χ0) is 22.5. The summed E-state index contributed by atoms with van der Waals surface area (Å²) in [6, 6.07) is 14.7. The summed E-state index contributed by atoms with van der Waals surface area (Å²) in [7, 11) is 0. The summed E-state index contributed by atoms with van der Waals surface area (Å²) in [5, 5.41) is 2.68. The Hall–Kier alpha value is -4.00. The highest BCUT2D eigenvalue weighted by Crippen LogP contribution is 2.23. The number of nitrogens with one attached hydrogen (secondary N) is 1. The van der Waals surface area contributed by atoms with Gasteiger partial charge in [0.2, 0.25) is 5.91 Å². The summed E-state index contributed by atoms with van der Waals surface area (Å²) in [4.78, 5) is 31.3. The number of nitrogens with two attached hydrogens (primary N) is 1. The average molecular weight is 430 g/mol. The lowest BCUT2D eigenvalue weighted by Gasteiger charge is -2.28. The second-order valence-electron chi connectivity index (χ2n) is 7.67. The molecular weight excluding hydrogens is 407 g/mol. The Morgan fingerprint density at radius 2 is 2.00 bits per heavy atom. The van der Waals surface area contributed by atoms with E-state index >= 15 is 0 Å². The molecule has 2 amide bonds. The molecule has 1 aromatic heterocycles. The molecule has 0 unspecified atom stereocenters. The second kappa shape index (κ2) is 9.43. The molecule has 1 aliphatic rings. The number of rotatable bonds is 5. The molecule has 3 N–H and O–H groups in total. The number of carbonyl (C=O) groups is 2. The first kappa shape index (κ1) is 21.2. The average Bonchev–Trinajstić information content (AvgIpc) is 2.79. The number of aromatic nitrogens is 1. The zero-order valence-corrected chi connectivity index (χ0v) is 17.4. The molecule has 1 aliphatic heterocycles. The normalized spacial score (nSPS) is 15.1. The summed E-state index contributed by atoms with van der Waals surface area (Å²) >= 11 is 0. The third-order valence-corrected chi connectivity index (χ3v) is 5.31. The SMILES string of the molecule is Nc1cc(F)ccc1NC(=O)c1ccc(CN2CCC/C(=C\c3cccnc3)C2=O)cc1. The first-order valence-corrected chi connectivity index (χ1v) is 10.3. The molecular formula is C25H23FN4O2. The highest BCUT2D eigenvalue weighted by molar-refractivity contribution is 6.05. The maximum Gasteiger partial charge on any atom is 0.255 e. The van der Waals surface area contributed by atoms with Gasteiger partial charge >= 0.3 is 0 Å². The van der Waals surface area contributed by atoms with Gasteiger partial charge in [-0.3, -0.25) is 14.6 Å². The van der Waals surface area contributed by atoms with Gasteiger partial charge in [0.25, 0.3) is 5.91 Å². The number of piperidine rings is 1. The van der Waals surface area contributed by atoms with E-state index in [1.807, 2.05) is 35.2 Å². The Morgan fingerprint density at radius 3 is 2.72 bits per heavy atom. The van der Waals surface area contributed by atoms with Crippen LogP contribution < -0.4 is 11.1 Å². The Kier molecular flexibility index (Phi) is 6.26. The molecule has 2 aromatic carbocycles. The molecule has 7 heteroatoms. The van der Waals surface area contributed by atoms with Crippen LogP contribution in [0.1, 0.15) is 34.3 Å². The molecule has 4 rings (SSSR count). The Bertz CT molecular complexity index is 1160. The minimum atomic E-state index is -0.462. The predicted molar refractivity (Wildman–Crippen MR) is 122 cm³/mol. The molecule has 6 nitrogen and oxygen atoms in total. The van der Waals surface area contributed by atoms with Gasteiger partial charge in [-0.2, -0.15) is 0 Å². The maximum atomic E-state index is 13.2. The zero-order valence-electron chi connectivity index (χ0n) is 17.4. The fourth-order valence-electron chi connectivity index (χ4n) is 3.64. The van der Waals surface area contributed by atoms with Crippen LogP contribution in [-0.2, 0) is 11.3 Å².